The van der Waals surface area contributed by atoms with E-state index in [-0.39, 0.29) is 18.8 Å². The van der Waals surface area contributed by atoms with Crippen LogP contribution in [0.15, 0.2) is 30.6 Å². The summed E-state index contributed by atoms with van der Waals surface area (Å²) in [4.78, 5) is 9.03. The molecule has 1 aromatic carbocycles. The molecule has 2 aromatic heterocycles. The van der Waals surface area contributed by atoms with E-state index in [0.29, 0.717) is 35.3 Å². The molecule has 3 unspecified atom stereocenters. The molecule has 164 valence electrons. The van der Waals surface area contributed by atoms with Crippen LogP contribution < -0.4 is 15.4 Å². The summed E-state index contributed by atoms with van der Waals surface area (Å²) in [6.07, 6.45) is 4.41. The summed E-state index contributed by atoms with van der Waals surface area (Å²) in [5.41, 5.74) is 3.97. The summed E-state index contributed by atoms with van der Waals surface area (Å²) in [7, 11) is 0. The van der Waals surface area contributed by atoms with Gasteiger partial charge in [-0.05, 0) is 37.6 Å². The molecule has 0 saturated carbocycles. The monoisotopic (exact) mass is 431 g/mol. The largest absolute Gasteiger partial charge is 0.473 e. The number of hydrogen-bond donors (Lipinski definition) is 3. The van der Waals surface area contributed by atoms with E-state index in [2.05, 4.69) is 38.7 Å². The molecule has 0 aliphatic carbocycles. The van der Waals surface area contributed by atoms with Gasteiger partial charge in [0.2, 0.25) is 11.8 Å². The predicted molar refractivity (Wildman–Crippen MR) is 120 cm³/mol. The molecule has 3 aromatic rings. The van der Waals surface area contributed by atoms with Crippen molar-refractivity contribution in [2.45, 2.75) is 44.8 Å². The van der Waals surface area contributed by atoms with Gasteiger partial charge in [0.25, 0.3) is 0 Å². The Hall–Kier alpha value is -3.64. The van der Waals surface area contributed by atoms with Crippen LogP contribution in [0, 0.1) is 11.3 Å². The summed E-state index contributed by atoms with van der Waals surface area (Å²) in [6.45, 7) is 6.71. The van der Waals surface area contributed by atoms with Crippen LogP contribution >= 0.6 is 0 Å². The Bertz CT molecular complexity index is 1230. The zero-order chi connectivity index (χ0) is 22.5. The fourth-order valence-corrected chi connectivity index (χ4v) is 4.45. The van der Waals surface area contributed by atoms with Crippen LogP contribution in [0.1, 0.15) is 44.4 Å². The van der Waals surface area contributed by atoms with Gasteiger partial charge in [-0.15, -0.1) is 0 Å². The SMILES string of the molecule is CC1CC(C)n2ncc(Nc3nccc(-c4cc(C#N)c5c(c4)C(C)(CO)CN5)n3)c2O1. The fraction of sp³-hybridized carbons (Fsp3) is 0.391. The number of aliphatic hydroxyl groups excluding tert-OH is 1. The molecule has 3 atom stereocenters. The first-order valence-electron chi connectivity index (χ1n) is 10.7. The number of benzene rings is 1. The van der Waals surface area contributed by atoms with Crippen molar-refractivity contribution in [1.29, 1.82) is 5.26 Å². The Morgan fingerprint density at radius 2 is 2.25 bits per heavy atom. The first-order chi connectivity index (χ1) is 15.4. The van der Waals surface area contributed by atoms with Crippen LogP contribution in [-0.4, -0.2) is 44.1 Å². The van der Waals surface area contributed by atoms with E-state index in [0.717, 1.165) is 23.2 Å². The number of nitriles is 1. The van der Waals surface area contributed by atoms with Crippen LogP contribution in [0.4, 0.5) is 17.3 Å². The number of aliphatic hydroxyl groups is 1. The maximum atomic E-state index is 9.94. The highest BCUT2D eigenvalue weighted by Gasteiger charge is 2.36. The summed E-state index contributed by atoms with van der Waals surface area (Å²) >= 11 is 0. The topological polar surface area (TPSA) is 121 Å². The Morgan fingerprint density at radius 3 is 3.03 bits per heavy atom. The van der Waals surface area contributed by atoms with Crippen molar-refractivity contribution in [1.82, 2.24) is 19.7 Å². The summed E-state index contributed by atoms with van der Waals surface area (Å²) in [5.74, 6) is 1.09. The number of aromatic nitrogens is 4. The minimum absolute atomic E-state index is 0.0124. The smallest absolute Gasteiger partial charge is 0.236 e. The fourth-order valence-electron chi connectivity index (χ4n) is 4.45. The average Bonchev–Trinajstić information content (AvgIpc) is 3.35. The first-order valence-corrected chi connectivity index (χ1v) is 10.7. The molecule has 0 bridgehead atoms. The molecular formula is C23H25N7O2. The molecule has 0 saturated heterocycles. The number of nitrogens with one attached hydrogen (secondary N) is 2. The molecule has 2 aliphatic heterocycles. The van der Waals surface area contributed by atoms with E-state index >= 15 is 0 Å². The highest BCUT2D eigenvalue weighted by atomic mass is 16.5. The van der Waals surface area contributed by atoms with Gasteiger partial charge in [0.05, 0.1) is 41.9 Å². The lowest BCUT2D eigenvalue weighted by Gasteiger charge is -2.27. The Morgan fingerprint density at radius 1 is 1.41 bits per heavy atom. The summed E-state index contributed by atoms with van der Waals surface area (Å²) < 4.78 is 7.86. The number of rotatable bonds is 4. The molecule has 5 rings (SSSR count). The Kier molecular flexibility index (Phi) is 4.75. The minimum Gasteiger partial charge on any atom is -0.473 e. The standard InChI is InChI=1S/C23H25N7O2/c1-13-6-14(2)32-21-19(10-27-30(13)21)29-22-25-5-4-18(28-22)15-7-16(9-24)20-17(8-15)23(3,12-31)11-26-20/h4-5,7-8,10,13-14,26,31H,6,11-12H2,1-3H3,(H,25,28,29). The zero-order valence-corrected chi connectivity index (χ0v) is 18.3. The van der Waals surface area contributed by atoms with Gasteiger partial charge in [-0.1, -0.05) is 6.92 Å². The van der Waals surface area contributed by atoms with Gasteiger partial charge in [-0.3, -0.25) is 0 Å². The van der Waals surface area contributed by atoms with Crippen LogP contribution in [-0.2, 0) is 5.41 Å². The van der Waals surface area contributed by atoms with Crippen molar-refractivity contribution in [3.63, 3.8) is 0 Å². The van der Waals surface area contributed by atoms with Crippen molar-refractivity contribution in [2.24, 2.45) is 0 Å². The number of fused-ring (bicyclic) bond motifs is 2. The van der Waals surface area contributed by atoms with Gasteiger partial charge in [0, 0.05) is 30.1 Å². The van der Waals surface area contributed by atoms with E-state index in [9.17, 15) is 10.4 Å². The second-order valence-electron chi connectivity index (χ2n) is 8.84. The minimum atomic E-state index is -0.451. The van der Waals surface area contributed by atoms with Crippen molar-refractivity contribution in [2.75, 3.05) is 23.8 Å². The molecule has 9 nitrogen and oxygen atoms in total. The third-order valence-electron chi connectivity index (χ3n) is 6.26. The molecule has 0 amide bonds. The quantitative estimate of drug-likeness (QED) is 0.575. The summed E-state index contributed by atoms with van der Waals surface area (Å²) in [5, 5.41) is 30.6. The molecule has 0 fully saturated rings. The van der Waals surface area contributed by atoms with Gasteiger partial charge >= 0.3 is 0 Å². The van der Waals surface area contributed by atoms with Crippen molar-refractivity contribution < 1.29 is 9.84 Å². The van der Waals surface area contributed by atoms with Gasteiger partial charge in [0.1, 0.15) is 11.8 Å². The average molecular weight is 432 g/mol. The normalized spacial score (nSPS) is 23.5. The third kappa shape index (κ3) is 3.24. The van der Waals surface area contributed by atoms with Gasteiger partial charge in [-0.25, -0.2) is 14.6 Å². The third-order valence-corrected chi connectivity index (χ3v) is 6.26. The van der Waals surface area contributed by atoms with E-state index in [1.165, 1.54) is 0 Å². The highest BCUT2D eigenvalue weighted by Crippen LogP contribution is 2.41. The molecule has 0 spiro atoms. The predicted octanol–water partition coefficient (Wildman–Crippen LogP) is 3.36. The first kappa shape index (κ1) is 20.3. The van der Waals surface area contributed by atoms with Crippen LogP contribution in [0.2, 0.25) is 0 Å². The van der Waals surface area contributed by atoms with Crippen molar-refractivity contribution in [3.05, 3.63) is 41.7 Å². The number of nitrogens with zero attached hydrogens (tertiary/aromatic N) is 5. The maximum absolute atomic E-state index is 9.94. The van der Waals surface area contributed by atoms with Crippen LogP contribution in [0.25, 0.3) is 11.3 Å². The number of anilines is 3. The van der Waals surface area contributed by atoms with Gasteiger partial charge < -0.3 is 20.5 Å². The lowest BCUT2D eigenvalue weighted by atomic mass is 9.83. The Balaban J connectivity index is 1.50. The van der Waals surface area contributed by atoms with Crippen molar-refractivity contribution >= 4 is 17.3 Å². The molecule has 2 aliphatic rings. The van der Waals surface area contributed by atoms with Crippen LogP contribution in [0.5, 0.6) is 5.88 Å². The molecule has 32 heavy (non-hydrogen) atoms. The molecular weight excluding hydrogens is 406 g/mol. The molecule has 3 N–H and O–H groups in total. The number of hydrogen-bond acceptors (Lipinski definition) is 8. The highest BCUT2D eigenvalue weighted by molar-refractivity contribution is 5.76. The van der Waals surface area contributed by atoms with Crippen molar-refractivity contribution in [3.8, 4) is 23.2 Å². The van der Waals surface area contributed by atoms with E-state index in [4.69, 9.17) is 4.74 Å². The number of ether oxygens (including phenoxy) is 1. The summed E-state index contributed by atoms with van der Waals surface area (Å²) in [6, 6.07) is 8.13. The molecule has 0 radical (unpaired) electrons. The van der Waals surface area contributed by atoms with Gasteiger partial charge in [0.15, 0.2) is 0 Å². The second kappa shape index (κ2) is 7.50. The second-order valence-corrected chi connectivity index (χ2v) is 8.84. The lowest BCUT2D eigenvalue weighted by molar-refractivity contribution is 0.128. The zero-order valence-electron chi connectivity index (χ0n) is 18.3. The van der Waals surface area contributed by atoms with E-state index in [1.807, 2.05) is 30.7 Å². The molecule has 9 heteroatoms. The van der Waals surface area contributed by atoms with E-state index in [1.54, 1.807) is 18.5 Å². The molecule has 4 heterocycles. The lowest BCUT2D eigenvalue weighted by Crippen LogP contribution is -2.28. The Labute approximate surface area is 186 Å². The van der Waals surface area contributed by atoms with Crippen LogP contribution in [0.3, 0.4) is 0 Å². The van der Waals surface area contributed by atoms with E-state index < -0.39 is 5.41 Å². The van der Waals surface area contributed by atoms with Gasteiger partial charge in [-0.2, -0.15) is 10.4 Å². The maximum Gasteiger partial charge on any atom is 0.236 e.